The van der Waals surface area contributed by atoms with E-state index in [9.17, 15) is 55.3 Å². The molecule has 0 unspecified atom stereocenters. The molecule has 0 spiro atoms. The molecular formula is C40H19F9N4. The maximum Gasteiger partial charge on any atom is 0.416 e. The summed E-state index contributed by atoms with van der Waals surface area (Å²) in [6.45, 7) is 9.48. The number of nitriles is 3. The van der Waals surface area contributed by atoms with Gasteiger partial charge in [-0.15, -0.1) is 0 Å². The number of halogens is 9. The van der Waals surface area contributed by atoms with Crippen molar-refractivity contribution in [1.29, 1.82) is 15.8 Å². The van der Waals surface area contributed by atoms with Gasteiger partial charge in [0.2, 0.25) is 5.70 Å². The fourth-order valence-electron chi connectivity index (χ4n) is 5.81. The lowest BCUT2D eigenvalue weighted by atomic mass is 9.88. The zero-order valence-corrected chi connectivity index (χ0v) is 26.9. The van der Waals surface area contributed by atoms with Crippen LogP contribution in [0.25, 0.3) is 38.4 Å². The highest BCUT2D eigenvalue weighted by Gasteiger charge is 2.37. The summed E-state index contributed by atoms with van der Waals surface area (Å²) >= 11 is 0. The normalized spacial score (nSPS) is 12.9. The van der Waals surface area contributed by atoms with E-state index in [4.69, 9.17) is 6.57 Å². The van der Waals surface area contributed by atoms with Gasteiger partial charge in [0.1, 0.15) is 6.07 Å². The van der Waals surface area contributed by atoms with E-state index in [0.29, 0.717) is 12.1 Å². The van der Waals surface area contributed by atoms with Crippen LogP contribution in [0.15, 0.2) is 97.1 Å². The van der Waals surface area contributed by atoms with Crippen molar-refractivity contribution in [2.75, 3.05) is 0 Å². The summed E-state index contributed by atoms with van der Waals surface area (Å²) in [5, 5.41) is 29.6. The van der Waals surface area contributed by atoms with Crippen LogP contribution in [0.5, 0.6) is 0 Å². The summed E-state index contributed by atoms with van der Waals surface area (Å²) in [5.74, 6) is 0. The molecule has 0 aliphatic rings. The first-order valence-electron chi connectivity index (χ1n) is 15.1. The molecule has 262 valence electrons. The van der Waals surface area contributed by atoms with Gasteiger partial charge in [0.15, 0.2) is 0 Å². The van der Waals surface area contributed by atoms with Crippen molar-refractivity contribution < 1.29 is 39.5 Å². The summed E-state index contributed by atoms with van der Waals surface area (Å²) < 4.78 is 127. The summed E-state index contributed by atoms with van der Waals surface area (Å²) in [6.07, 6.45) is -15.4. The highest BCUT2D eigenvalue weighted by molar-refractivity contribution is 5.88. The molecule has 5 rings (SSSR count). The van der Waals surface area contributed by atoms with Gasteiger partial charge in [-0.05, 0) is 94.1 Å². The van der Waals surface area contributed by atoms with Crippen LogP contribution in [-0.4, -0.2) is 0 Å². The largest absolute Gasteiger partial charge is 0.416 e. The van der Waals surface area contributed by atoms with E-state index in [0.717, 1.165) is 24.3 Å². The molecule has 0 saturated heterocycles. The fourth-order valence-corrected chi connectivity index (χ4v) is 5.81. The van der Waals surface area contributed by atoms with E-state index in [2.05, 4.69) is 4.85 Å². The van der Waals surface area contributed by atoms with E-state index < -0.39 is 51.9 Å². The van der Waals surface area contributed by atoms with Crippen LogP contribution in [-0.2, 0) is 18.5 Å². The van der Waals surface area contributed by atoms with Crippen LogP contribution in [0.4, 0.5) is 39.5 Å². The highest BCUT2D eigenvalue weighted by atomic mass is 19.4. The molecule has 0 aliphatic carbocycles. The van der Waals surface area contributed by atoms with Gasteiger partial charge in [-0.1, -0.05) is 48.5 Å². The average Bonchev–Trinajstić information content (AvgIpc) is 3.11. The lowest BCUT2D eigenvalue weighted by Gasteiger charge is -2.18. The zero-order valence-electron chi connectivity index (χ0n) is 26.9. The Morgan fingerprint density at radius 1 is 0.566 bits per heavy atom. The maximum atomic E-state index is 14.1. The van der Waals surface area contributed by atoms with Crippen LogP contribution >= 0.6 is 0 Å². The molecule has 0 saturated carbocycles. The number of nitrogens with zero attached hydrogens (tertiary/aromatic N) is 4. The van der Waals surface area contributed by atoms with Gasteiger partial charge >= 0.3 is 18.5 Å². The van der Waals surface area contributed by atoms with Crippen molar-refractivity contribution in [1.82, 2.24) is 0 Å². The first-order valence-corrected chi connectivity index (χ1v) is 15.1. The molecule has 5 aromatic rings. The third-order valence-electron chi connectivity index (χ3n) is 8.14. The van der Waals surface area contributed by atoms with Crippen LogP contribution in [0, 0.1) is 47.5 Å². The molecule has 0 heterocycles. The topological polar surface area (TPSA) is 75.7 Å². The summed E-state index contributed by atoms with van der Waals surface area (Å²) in [4.78, 5) is 3.56. The van der Waals surface area contributed by atoms with Crippen molar-refractivity contribution >= 4 is 11.3 Å². The van der Waals surface area contributed by atoms with E-state index >= 15 is 0 Å². The highest BCUT2D eigenvalue weighted by Crippen LogP contribution is 2.39. The molecule has 0 fully saturated rings. The molecule has 0 aromatic heterocycles. The third-order valence-corrected chi connectivity index (χ3v) is 8.14. The van der Waals surface area contributed by atoms with Crippen molar-refractivity contribution in [3.63, 3.8) is 0 Å². The molecule has 0 N–H and O–H groups in total. The lowest BCUT2D eigenvalue weighted by molar-refractivity contribution is -0.143. The quantitative estimate of drug-likeness (QED) is 0.137. The number of aryl methyl sites for hydroxylation is 1. The van der Waals surface area contributed by atoms with Gasteiger partial charge in [0.05, 0.1) is 46.5 Å². The Kier molecular flexibility index (Phi) is 9.93. The van der Waals surface area contributed by atoms with Gasteiger partial charge < -0.3 is 0 Å². The number of benzene rings is 5. The molecule has 53 heavy (non-hydrogen) atoms. The summed E-state index contributed by atoms with van der Waals surface area (Å²) in [6, 6.07) is 22.5. The molecular weight excluding hydrogens is 707 g/mol. The second-order valence-electron chi connectivity index (χ2n) is 11.6. The average molecular weight is 727 g/mol. The van der Waals surface area contributed by atoms with Gasteiger partial charge in [-0.3, -0.25) is 0 Å². The van der Waals surface area contributed by atoms with E-state index in [1.807, 2.05) is 18.2 Å². The number of hydrogen-bond donors (Lipinski definition) is 0. The van der Waals surface area contributed by atoms with Crippen LogP contribution in [0.1, 0.15) is 44.5 Å². The van der Waals surface area contributed by atoms with Crippen LogP contribution < -0.4 is 10.4 Å². The first kappa shape index (κ1) is 37.4. The van der Waals surface area contributed by atoms with E-state index in [-0.39, 0.29) is 61.1 Å². The Bertz CT molecular complexity index is 2550. The van der Waals surface area contributed by atoms with Crippen molar-refractivity contribution in [3.8, 4) is 40.5 Å². The molecule has 0 amide bonds. The van der Waals surface area contributed by atoms with E-state index in [1.54, 1.807) is 0 Å². The Labute approximate surface area is 295 Å². The predicted octanol–water partition coefficient (Wildman–Crippen LogP) is 9.93. The number of rotatable bonds is 4. The van der Waals surface area contributed by atoms with Gasteiger partial charge in [-0.2, -0.15) is 55.3 Å². The predicted molar refractivity (Wildman–Crippen MR) is 176 cm³/mol. The Balaban J connectivity index is 2.17. The number of hydrogen-bond acceptors (Lipinski definition) is 3. The summed E-state index contributed by atoms with van der Waals surface area (Å²) in [7, 11) is 0. The van der Waals surface area contributed by atoms with Crippen LogP contribution in [0.2, 0.25) is 0 Å². The minimum atomic E-state index is -5.29. The van der Waals surface area contributed by atoms with Crippen LogP contribution in [0.3, 0.4) is 0 Å². The smallest absolute Gasteiger partial charge is 0.237 e. The van der Waals surface area contributed by atoms with Crippen molar-refractivity contribution in [2.45, 2.75) is 25.5 Å². The maximum absolute atomic E-state index is 14.1. The van der Waals surface area contributed by atoms with Crippen molar-refractivity contribution in [2.24, 2.45) is 0 Å². The standard InChI is InChI=1S/C40H19F9N4/c1-22-11-25(13-27(12-22)38(41,42)43)33-17-34(36(21-52)30-9-5-3-7-23(30)19-50)32(18-35(33)37(53-2)31-10-6-4-8-24(31)20-51)26-14-28(39(44,45)46)16-29(15-26)40(47,48)49/h3-18H,1H3/b36-34+,37-35-. The molecule has 0 atom stereocenters. The van der Waals surface area contributed by atoms with Gasteiger partial charge in [0, 0.05) is 16.3 Å². The molecule has 0 radical (unpaired) electrons. The molecule has 5 aromatic carbocycles. The molecule has 0 aliphatic heterocycles. The molecule has 0 bridgehead atoms. The monoisotopic (exact) mass is 726 g/mol. The van der Waals surface area contributed by atoms with Gasteiger partial charge in [-0.25, -0.2) is 4.85 Å². The molecule has 4 nitrogen and oxygen atoms in total. The lowest BCUT2D eigenvalue weighted by Crippen LogP contribution is -2.21. The minimum Gasteiger partial charge on any atom is -0.237 e. The first-order chi connectivity index (χ1) is 24.9. The zero-order chi connectivity index (χ0) is 38.9. The second kappa shape index (κ2) is 14.1. The molecule has 13 heteroatoms. The Hall–Kier alpha value is -6.83. The minimum absolute atomic E-state index is 0.0343. The third kappa shape index (κ3) is 7.61. The fraction of sp³-hybridized carbons (Fsp3) is 0.100. The SMILES string of the molecule is [C-]#[N+]/C(c1ccccc1C#N)=c1/cc(-c2cc(C(F)(F)F)cc(C(F)(F)F)c2)/c(=C(\C#N)c2ccccc2C#N)cc1-c1cc(C)cc(C(F)(F)F)c1. The Morgan fingerprint density at radius 2 is 1.00 bits per heavy atom. The number of alkyl halides is 9. The van der Waals surface area contributed by atoms with Gasteiger partial charge in [0.25, 0.3) is 0 Å². The summed E-state index contributed by atoms with van der Waals surface area (Å²) in [5.41, 5.74) is -7.02. The van der Waals surface area contributed by atoms with E-state index in [1.165, 1.54) is 61.5 Å². The van der Waals surface area contributed by atoms with Crippen molar-refractivity contribution in [3.05, 3.63) is 163 Å². The Morgan fingerprint density at radius 3 is 1.49 bits per heavy atom. The second-order valence-corrected chi connectivity index (χ2v) is 11.6.